The number of H-pyrrole nitrogens is 1. The Morgan fingerprint density at radius 1 is 1.14 bits per heavy atom. The number of fused-ring (bicyclic) bond motifs is 5. The Morgan fingerprint density at radius 2 is 1.86 bits per heavy atom. The van der Waals surface area contributed by atoms with E-state index < -0.39 is 0 Å². The fourth-order valence-corrected chi connectivity index (χ4v) is 3.23. The molecule has 22 heavy (non-hydrogen) atoms. The normalized spacial score (nSPS) is 12.5. The van der Waals surface area contributed by atoms with Gasteiger partial charge in [0.2, 0.25) is 0 Å². The van der Waals surface area contributed by atoms with E-state index >= 15 is 0 Å². The standard InChI is InChI=1S/C17H14N2O3/c20-7-10-4-13-14-3-9-6-18-2-1-12(9)16(14)19-17(22)15(13)5-11(10)8-21/h1-2,4-6,20-21H,3,7-8H2,(H,19,22). The summed E-state index contributed by atoms with van der Waals surface area (Å²) >= 11 is 0. The number of hydrogen-bond acceptors (Lipinski definition) is 4. The predicted molar refractivity (Wildman–Crippen MR) is 82.5 cm³/mol. The van der Waals surface area contributed by atoms with E-state index in [1.807, 2.05) is 18.3 Å². The maximum Gasteiger partial charge on any atom is 0.256 e. The zero-order chi connectivity index (χ0) is 15.3. The van der Waals surface area contributed by atoms with Crippen molar-refractivity contribution in [1.82, 2.24) is 9.97 Å². The van der Waals surface area contributed by atoms with E-state index in [2.05, 4.69) is 9.97 Å². The van der Waals surface area contributed by atoms with Crippen molar-refractivity contribution in [2.75, 3.05) is 0 Å². The molecular formula is C17H14N2O3. The first-order chi connectivity index (χ1) is 10.7. The first kappa shape index (κ1) is 13.2. The second-order valence-corrected chi connectivity index (χ2v) is 5.50. The van der Waals surface area contributed by atoms with Gasteiger partial charge >= 0.3 is 0 Å². The van der Waals surface area contributed by atoms with Gasteiger partial charge in [-0.3, -0.25) is 9.78 Å². The lowest BCUT2D eigenvalue weighted by Gasteiger charge is -2.10. The fraction of sp³-hybridized carbons (Fsp3) is 0.176. The monoisotopic (exact) mass is 294 g/mol. The van der Waals surface area contributed by atoms with Crippen LogP contribution in [0.3, 0.4) is 0 Å². The zero-order valence-electron chi connectivity index (χ0n) is 11.8. The number of aromatic amines is 1. The largest absolute Gasteiger partial charge is 0.392 e. The van der Waals surface area contributed by atoms with Crippen LogP contribution >= 0.6 is 0 Å². The first-order valence-corrected chi connectivity index (χ1v) is 7.08. The minimum Gasteiger partial charge on any atom is -0.392 e. The molecule has 2 heterocycles. The molecule has 0 saturated heterocycles. The van der Waals surface area contributed by atoms with E-state index in [-0.39, 0.29) is 18.8 Å². The Balaban J connectivity index is 2.09. The van der Waals surface area contributed by atoms with Crippen molar-refractivity contribution in [3.05, 3.63) is 63.2 Å². The summed E-state index contributed by atoms with van der Waals surface area (Å²) in [7, 11) is 0. The number of rotatable bonds is 2. The van der Waals surface area contributed by atoms with Crippen LogP contribution in [0.25, 0.3) is 22.0 Å². The molecule has 3 N–H and O–H groups in total. The van der Waals surface area contributed by atoms with Crippen LogP contribution in [-0.2, 0) is 19.6 Å². The molecule has 0 radical (unpaired) electrons. The molecule has 0 saturated carbocycles. The Kier molecular flexibility index (Phi) is 2.85. The highest BCUT2D eigenvalue weighted by molar-refractivity contribution is 5.93. The van der Waals surface area contributed by atoms with Gasteiger partial charge in [-0.1, -0.05) is 0 Å². The third-order valence-electron chi connectivity index (χ3n) is 4.33. The van der Waals surface area contributed by atoms with Crippen molar-refractivity contribution in [1.29, 1.82) is 0 Å². The molecule has 0 fully saturated rings. The van der Waals surface area contributed by atoms with Crippen LogP contribution in [0.4, 0.5) is 0 Å². The molecule has 2 aromatic heterocycles. The van der Waals surface area contributed by atoms with Crippen molar-refractivity contribution >= 4 is 10.8 Å². The highest BCUT2D eigenvalue weighted by Crippen LogP contribution is 2.37. The Morgan fingerprint density at radius 3 is 2.59 bits per heavy atom. The molecule has 1 aliphatic carbocycles. The SMILES string of the molecule is O=c1[nH]c2c(c3cc(CO)c(CO)cc13)Cc1cnccc1-2. The van der Waals surface area contributed by atoms with Crippen LogP contribution in [-0.4, -0.2) is 20.2 Å². The summed E-state index contributed by atoms with van der Waals surface area (Å²) in [5.74, 6) is 0. The molecule has 0 amide bonds. The quantitative estimate of drug-likeness (QED) is 0.522. The molecule has 1 aliphatic rings. The Labute approximate surface area is 125 Å². The minimum atomic E-state index is -0.202. The second kappa shape index (κ2) is 4.76. The molecule has 0 bridgehead atoms. The molecule has 5 nitrogen and oxygen atoms in total. The van der Waals surface area contributed by atoms with Gasteiger partial charge in [0.1, 0.15) is 0 Å². The van der Waals surface area contributed by atoms with E-state index in [1.54, 1.807) is 12.3 Å². The van der Waals surface area contributed by atoms with Gasteiger partial charge in [-0.05, 0) is 45.8 Å². The average molecular weight is 294 g/mol. The number of aliphatic hydroxyl groups excluding tert-OH is 2. The summed E-state index contributed by atoms with van der Waals surface area (Å²) in [6, 6.07) is 5.38. The minimum absolute atomic E-state index is 0.165. The van der Waals surface area contributed by atoms with Gasteiger partial charge in [0.15, 0.2) is 0 Å². The maximum atomic E-state index is 12.4. The number of aromatic nitrogens is 2. The number of hydrogen-bond donors (Lipinski definition) is 3. The highest BCUT2D eigenvalue weighted by Gasteiger charge is 2.23. The summed E-state index contributed by atoms with van der Waals surface area (Å²) < 4.78 is 0. The molecule has 0 aliphatic heterocycles. The van der Waals surface area contributed by atoms with Crippen molar-refractivity contribution in [3.63, 3.8) is 0 Å². The topological polar surface area (TPSA) is 86.2 Å². The van der Waals surface area contributed by atoms with Crippen LogP contribution in [0.15, 0.2) is 35.4 Å². The van der Waals surface area contributed by atoms with Gasteiger partial charge in [-0.2, -0.15) is 0 Å². The van der Waals surface area contributed by atoms with Crippen LogP contribution in [0.5, 0.6) is 0 Å². The lowest BCUT2D eigenvalue weighted by Crippen LogP contribution is -2.10. The molecule has 3 aromatic rings. The fourth-order valence-electron chi connectivity index (χ4n) is 3.23. The van der Waals surface area contributed by atoms with Crippen molar-refractivity contribution in [2.45, 2.75) is 19.6 Å². The smallest absolute Gasteiger partial charge is 0.256 e. The molecule has 110 valence electrons. The van der Waals surface area contributed by atoms with Crippen molar-refractivity contribution in [2.24, 2.45) is 0 Å². The third kappa shape index (κ3) is 1.73. The van der Waals surface area contributed by atoms with Gasteiger partial charge in [0.25, 0.3) is 5.56 Å². The number of nitrogens with zero attached hydrogens (tertiary/aromatic N) is 1. The lowest BCUT2D eigenvalue weighted by atomic mass is 9.98. The average Bonchev–Trinajstić information content (AvgIpc) is 2.92. The maximum absolute atomic E-state index is 12.4. The van der Waals surface area contributed by atoms with Gasteiger partial charge in [0.05, 0.1) is 18.9 Å². The van der Waals surface area contributed by atoms with E-state index in [9.17, 15) is 15.0 Å². The van der Waals surface area contributed by atoms with E-state index in [4.69, 9.17) is 0 Å². The molecule has 0 spiro atoms. The highest BCUT2D eigenvalue weighted by atomic mass is 16.3. The van der Waals surface area contributed by atoms with Crippen LogP contribution in [0, 0.1) is 0 Å². The zero-order valence-corrected chi connectivity index (χ0v) is 11.8. The van der Waals surface area contributed by atoms with Crippen LogP contribution < -0.4 is 5.56 Å². The summed E-state index contributed by atoms with van der Waals surface area (Å²) in [5, 5.41) is 20.3. The predicted octanol–water partition coefficient (Wildman–Crippen LogP) is 1.48. The molecule has 0 atom stereocenters. The van der Waals surface area contributed by atoms with Gasteiger partial charge in [-0.15, -0.1) is 0 Å². The molecule has 1 aromatic carbocycles. The van der Waals surface area contributed by atoms with Crippen LogP contribution in [0.1, 0.15) is 22.3 Å². The summed E-state index contributed by atoms with van der Waals surface area (Å²) in [6.45, 7) is -0.367. The van der Waals surface area contributed by atoms with Crippen molar-refractivity contribution in [3.8, 4) is 11.3 Å². The van der Waals surface area contributed by atoms with Gasteiger partial charge in [0, 0.05) is 29.8 Å². The molecule has 0 unspecified atom stereocenters. The summed E-state index contributed by atoms with van der Waals surface area (Å²) in [4.78, 5) is 19.5. The number of aliphatic hydroxyl groups is 2. The Hall–Kier alpha value is -2.50. The van der Waals surface area contributed by atoms with E-state index in [0.29, 0.717) is 22.9 Å². The van der Waals surface area contributed by atoms with E-state index in [0.717, 1.165) is 27.8 Å². The number of pyridine rings is 2. The first-order valence-electron chi connectivity index (χ1n) is 7.08. The number of benzene rings is 1. The third-order valence-corrected chi connectivity index (χ3v) is 4.33. The van der Waals surface area contributed by atoms with Crippen LogP contribution in [0.2, 0.25) is 0 Å². The lowest BCUT2D eigenvalue weighted by molar-refractivity contribution is 0.260. The molecule has 5 heteroatoms. The van der Waals surface area contributed by atoms with Gasteiger partial charge in [-0.25, -0.2) is 0 Å². The molecular weight excluding hydrogens is 280 g/mol. The second-order valence-electron chi connectivity index (χ2n) is 5.50. The number of nitrogens with one attached hydrogen (secondary N) is 1. The summed E-state index contributed by atoms with van der Waals surface area (Å²) in [5.41, 5.74) is 5.00. The van der Waals surface area contributed by atoms with Crippen molar-refractivity contribution < 1.29 is 10.2 Å². The summed E-state index contributed by atoms with van der Waals surface area (Å²) in [6.07, 6.45) is 4.23. The van der Waals surface area contributed by atoms with Gasteiger partial charge < -0.3 is 15.2 Å². The molecule has 4 rings (SSSR count). The Bertz CT molecular complexity index is 960. The van der Waals surface area contributed by atoms with E-state index in [1.165, 1.54) is 0 Å².